The van der Waals surface area contributed by atoms with Crippen LogP contribution in [0.4, 0.5) is 4.79 Å². The van der Waals surface area contributed by atoms with Gasteiger partial charge in [0, 0.05) is 6.54 Å². The van der Waals surface area contributed by atoms with E-state index in [2.05, 4.69) is 19.1 Å². The van der Waals surface area contributed by atoms with Crippen molar-refractivity contribution in [3.63, 3.8) is 0 Å². The van der Waals surface area contributed by atoms with E-state index in [-0.39, 0.29) is 12.1 Å². The lowest BCUT2D eigenvalue weighted by Gasteiger charge is -2.37. The maximum Gasteiger partial charge on any atom is 0.410 e. The van der Waals surface area contributed by atoms with Crippen LogP contribution in [0.3, 0.4) is 0 Å². The minimum absolute atomic E-state index is 0.153. The fraction of sp³-hybridized carbons (Fsp3) is 0.588. The zero-order valence-corrected chi connectivity index (χ0v) is 13.0. The van der Waals surface area contributed by atoms with Crippen LogP contribution in [0, 0.1) is 6.92 Å². The predicted molar refractivity (Wildman–Crippen MR) is 80.7 cm³/mol. The summed E-state index contributed by atoms with van der Waals surface area (Å²) in [5.41, 5.74) is 2.05. The number of hydrogen-bond acceptors (Lipinski definition) is 2. The van der Waals surface area contributed by atoms with E-state index < -0.39 is 5.60 Å². The van der Waals surface area contributed by atoms with E-state index in [1.165, 1.54) is 11.1 Å². The Morgan fingerprint density at radius 1 is 1.25 bits per heavy atom. The number of nitrogens with zero attached hydrogens (tertiary/aromatic N) is 1. The predicted octanol–water partition coefficient (Wildman–Crippen LogP) is 4.46. The third-order valence-corrected chi connectivity index (χ3v) is 3.68. The average molecular weight is 275 g/mol. The van der Waals surface area contributed by atoms with Gasteiger partial charge >= 0.3 is 6.09 Å². The largest absolute Gasteiger partial charge is 0.444 e. The second-order valence-electron chi connectivity index (χ2n) is 6.54. The number of hydrogen-bond donors (Lipinski definition) is 0. The molecule has 1 saturated heterocycles. The normalized spacial score (nSPS) is 19.8. The SMILES string of the molecule is Cc1ccccc1[C@@H]1CCCCN1C(=O)OC(C)(C)C. The van der Waals surface area contributed by atoms with Crippen molar-refractivity contribution < 1.29 is 9.53 Å². The van der Waals surface area contributed by atoms with Crippen LogP contribution in [-0.2, 0) is 4.74 Å². The Morgan fingerprint density at radius 3 is 2.60 bits per heavy atom. The summed E-state index contributed by atoms with van der Waals surface area (Å²) in [6, 6.07) is 8.48. The fourth-order valence-electron chi connectivity index (χ4n) is 2.75. The summed E-state index contributed by atoms with van der Waals surface area (Å²) in [7, 11) is 0. The standard InChI is InChI=1S/C17H25NO2/c1-13-9-5-6-10-14(13)15-11-7-8-12-18(15)16(19)20-17(2,3)4/h5-6,9-10,15H,7-8,11-12H2,1-4H3/t15-/m0/s1. The Kier molecular flexibility index (Phi) is 4.36. The molecule has 0 unspecified atom stereocenters. The topological polar surface area (TPSA) is 29.5 Å². The third-order valence-electron chi connectivity index (χ3n) is 3.68. The molecule has 1 heterocycles. The Hall–Kier alpha value is -1.51. The highest BCUT2D eigenvalue weighted by Gasteiger charge is 2.31. The van der Waals surface area contributed by atoms with Gasteiger partial charge in [-0.25, -0.2) is 4.79 Å². The summed E-state index contributed by atoms with van der Waals surface area (Å²) in [5.74, 6) is 0. The van der Waals surface area contributed by atoms with Crippen LogP contribution in [0.2, 0.25) is 0 Å². The molecule has 1 amide bonds. The van der Waals surface area contributed by atoms with E-state index in [0.717, 1.165) is 25.8 Å². The van der Waals surface area contributed by atoms with E-state index in [1.54, 1.807) is 0 Å². The molecule has 0 bridgehead atoms. The van der Waals surface area contributed by atoms with Gasteiger partial charge in [0.1, 0.15) is 5.60 Å². The molecule has 1 atom stereocenters. The fourth-order valence-corrected chi connectivity index (χ4v) is 2.75. The van der Waals surface area contributed by atoms with Gasteiger partial charge in [0.15, 0.2) is 0 Å². The van der Waals surface area contributed by atoms with Crippen LogP contribution >= 0.6 is 0 Å². The molecule has 1 fully saturated rings. The van der Waals surface area contributed by atoms with Gasteiger partial charge in [-0.2, -0.15) is 0 Å². The molecule has 0 radical (unpaired) electrons. The first-order chi connectivity index (χ1) is 9.38. The molecule has 1 aliphatic heterocycles. The minimum atomic E-state index is -0.440. The molecular formula is C17H25NO2. The summed E-state index contributed by atoms with van der Waals surface area (Å²) < 4.78 is 5.56. The summed E-state index contributed by atoms with van der Waals surface area (Å²) >= 11 is 0. The molecule has 1 aromatic carbocycles. The molecule has 1 aliphatic rings. The highest BCUT2D eigenvalue weighted by Crippen LogP contribution is 2.33. The van der Waals surface area contributed by atoms with Crippen LogP contribution in [0.15, 0.2) is 24.3 Å². The quantitative estimate of drug-likeness (QED) is 0.757. The van der Waals surface area contributed by atoms with E-state index in [1.807, 2.05) is 37.8 Å². The second kappa shape index (κ2) is 5.86. The molecule has 0 aliphatic carbocycles. The molecule has 0 aromatic heterocycles. The van der Waals surface area contributed by atoms with Crippen molar-refractivity contribution in [3.8, 4) is 0 Å². The van der Waals surface area contributed by atoms with Crippen molar-refractivity contribution in [3.05, 3.63) is 35.4 Å². The molecule has 3 heteroatoms. The lowest BCUT2D eigenvalue weighted by Crippen LogP contribution is -2.42. The number of likely N-dealkylation sites (tertiary alicyclic amines) is 1. The summed E-state index contributed by atoms with van der Waals surface area (Å²) in [6.07, 6.45) is 3.05. The number of benzene rings is 1. The molecule has 3 nitrogen and oxygen atoms in total. The molecule has 2 rings (SSSR count). The van der Waals surface area contributed by atoms with Gasteiger partial charge < -0.3 is 9.64 Å². The van der Waals surface area contributed by atoms with Gasteiger partial charge in [0.2, 0.25) is 0 Å². The summed E-state index contributed by atoms with van der Waals surface area (Å²) in [6.45, 7) is 8.64. The van der Waals surface area contributed by atoms with Crippen molar-refractivity contribution in [2.45, 2.75) is 58.6 Å². The smallest absolute Gasteiger partial charge is 0.410 e. The van der Waals surface area contributed by atoms with Crippen LogP contribution in [0.1, 0.15) is 57.2 Å². The number of ether oxygens (including phenoxy) is 1. The first kappa shape index (κ1) is 14.9. The molecule has 110 valence electrons. The van der Waals surface area contributed by atoms with E-state index in [4.69, 9.17) is 4.74 Å². The third kappa shape index (κ3) is 3.53. The average Bonchev–Trinajstić information content (AvgIpc) is 2.37. The molecule has 1 aromatic rings. The highest BCUT2D eigenvalue weighted by molar-refractivity contribution is 5.69. The minimum Gasteiger partial charge on any atom is -0.444 e. The number of rotatable bonds is 1. The van der Waals surface area contributed by atoms with Crippen molar-refractivity contribution >= 4 is 6.09 Å². The summed E-state index contributed by atoms with van der Waals surface area (Å²) in [4.78, 5) is 14.3. The van der Waals surface area contributed by atoms with Crippen molar-refractivity contribution in [2.24, 2.45) is 0 Å². The Labute approximate surface area is 121 Å². The van der Waals surface area contributed by atoms with Gasteiger partial charge in [-0.15, -0.1) is 0 Å². The number of carbonyl (C=O) groups excluding carboxylic acids is 1. The van der Waals surface area contributed by atoms with Crippen molar-refractivity contribution in [1.82, 2.24) is 4.90 Å². The molecule has 20 heavy (non-hydrogen) atoms. The van der Waals surface area contributed by atoms with E-state index >= 15 is 0 Å². The van der Waals surface area contributed by atoms with Crippen LogP contribution in [0.25, 0.3) is 0 Å². The zero-order valence-electron chi connectivity index (χ0n) is 13.0. The van der Waals surface area contributed by atoms with Gasteiger partial charge in [-0.3, -0.25) is 0 Å². The monoisotopic (exact) mass is 275 g/mol. The molecule has 0 N–H and O–H groups in total. The van der Waals surface area contributed by atoms with Crippen molar-refractivity contribution in [1.29, 1.82) is 0 Å². The molecule has 0 saturated carbocycles. The first-order valence-corrected chi connectivity index (χ1v) is 7.43. The summed E-state index contributed by atoms with van der Waals surface area (Å²) in [5, 5.41) is 0. The number of aryl methyl sites for hydroxylation is 1. The van der Waals surface area contributed by atoms with Gasteiger partial charge in [-0.1, -0.05) is 24.3 Å². The number of piperidine rings is 1. The maximum absolute atomic E-state index is 12.4. The Bertz CT molecular complexity index is 476. The van der Waals surface area contributed by atoms with Crippen molar-refractivity contribution in [2.75, 3.05) is 6.54 Å². The molecular weight excluding hydrogens is 250 g/mol. The Morgan fingerprint density at radius 2 is 1.95 bits per heavy atom. The van der Waals surface area contributed by atoms with Crippen LogP contribution < -0.4 is 0 Å². The number of carbonyl (C=O) groups is 1. The van der Waals surface area contributed by atoms with Gasteiger partial charge in [0.05, 0.1) is 6.04 Å². The second-order valence-corrected chi connectivity index (χ2v) is 6.54. The highest BCUT2D eigenvalue weighted by atomic mass is 16.6. The van der Waals surface area contributed by atoms with E-state index in [0.29, 0.717) is 0 Å². The Balaban J connectivity index is 2.22. The first-order valence-electron chi connectivity index (χ1n) is 7.43. The lowest BCUT2D eigenvalue weighted by atomic mass is 9.92. The maximum atomic E-state index is 12.4. The van der Waals surface area contributed by atoms with E-state index in [9.17, 15) is 4.79 Å². The lowest BCUT2D eigenvalue weighted by molar-refractivity contribution is 0.00946. The van der Waals surface area contributed by atoms with Gasteiger partial charge in [0.25, 0.3) is 0 Å². The number of amides is 1. The van der Waals surface area contributed by atoms with Crippen LogP contribution in [-0.4, -0.2) is 23.1 Å². The van der Waals surface area contributed by atoms with Crippen LogP contribution in [0.5, 0.6) is 0 Å². The molecule has 0 spiro atoms. The van der Waals surface area contributed by atoms with Gasteiger partial charge in [-0.05, 0) is 58.1 Å². The zero-order chi connectivity index (χ0) is 14.8.